The van der Waals surface area contributed by atoms with Gasteiger partial charge < -0.3 is 5.11 Å². The van der Waals surface area contributed by atoms with Gasteiger partial charge in [0.25, 0.3) is 0 Å². The lowest BCUT2D eigenvalue weighted by Crippen LogP contribution is -1.97. The van der Waals surface area contributed by atoms with E-state index in [1.807, 2.05) is 0 Å². The zero-order chi connectivity index (χ0) is 11.0. The number of carbonyl (C=O) groups is 1. The lowest BCUT2D eigenvalue weighted by molar-refractivity contribution is 0.0696. The highest BCUT2D eigenvalue weighted by Crippen LogP contribution is 2.22. The molecule has 0 bridgehead atoms. The quantitative estimate of drug-likeness (QED) is 0.812. The minimum absolute atomic E-state index is 0.0465. The van der Waals surface area contributed by atoms with Crippen molar-refractivity contribution in [1.29, 1.82) is 0 Å². The Kier molecular flexibility index (Phi) is 2.28. The fourth-order valence-electron chi connectivity index (χ4n) is 1.24. The predicted octanol–water partition coefficient (Wildman–Crippen LogP) is 2.73. The van der Waals surface area contributed by atoms with E-state index in [0.717, 1.165) is 0 Å². The standard InChI is InChI=1S/C10H5ClFNO2/c11-7-2-5-1-6(10(14)15)4-13-9(5)3-8(7)12/h1-4H,(H,14,15). The van der Waals surface area contributed by atoms with Crippen LogP contribution in [-0.4, -0.2) is 16.1 Å². The fraction of sp³-hybridized carbons (Fsp3) is 0. The van der Waals surface area contributed by atoms with Crippen LogP contribution in [0.2, 0.25) is 5.02 Å². The van der Waals surface area contributed by atoms with Crippen LogP contribution in [0.1, 0.15) is 10.4 Å². The predicted molar refractivity (Wildman–Crippen MR) is 53.7 cm³/mol. The van der Waals surface area contributed by atoms with E-state index in [1.165, 1.54) is 24.4 Å². The maximum absolute atomic E-state index is 13.0. The Hall–Kier alpha value is -1.68. The van der Waals surface area contributed by atoms with Gasteiger partial charge in [0.15, 0.2) is 0 Å². The van der Waals surface area contributed by atoms with Gasteiger partial charge in [-0.25, -0.2) is 9.18 Å². The maximum atomic E-state index is 13.0. The molecule has 0 atom stereocenters. The van der Waals surface area contributed by atoms with Crippen molar-refractivity contribution in [3.05, 3.63) is 40.8 Å². The molecule has 2 aromatic rings. The van der Waals surface area contributed by atoms with Gasteiger partial charge in [-0.2, -0.15) is 0 Å². The van der Waals surface area contributed by atoms with Crippen LogP contribution < -0.4 is 0 Å². The summed E-state index contributed by atoms with van der Waals surface area (Å²) in [7, 11) is 0. The first-order chi connectivity index (χ1) is 7.08. The summed E-state index contributed by atoms with van der Waals surface area (Å²) in [5.41, 5.74) is 0.423. The summed E-state index contributed by atoms with van der Waals surface area (Å²) in [6.45, 7) is 0. The number of hydrogen-bond acceptors (Lipinski definition) is 2. The van der Waals surface area contributed by atoms with E-state index in [1.54, 1.807) is 0 Å². The first-order valence-electron chi connectivity index (χ1n) is 4.06. The molecule has 0 saturated carbocycles. The summed E-state index contributed by atoms with van der Waals surface area (Å²) in [6.07, 6.45) is 1.18. The summed E-state index contributed by atoms with van der Waals surface area (Å²) in [5.74, 6) is -1.65. The van der Waals surface area contributed by atoms with Gasteiger partial charge in [-0.15, -0.1) is 0 Å². The molecule has 1 N–H and O–H groups in total. The summed E-state index contributed by atoms with van der Waals surface area (Å²) in [5, 5.41) is 9.17. The van der Waals surface area contributed by atoms with Crippen LogP contribution in [0.3, 0.4) is 0 Å². The second kappa shape index (κ2) is 3.47. The Balaban J connectivity index is 2.72. The molecule has 0 fully saturated rings. The van der Waals surface area contributed by atoms with E-state index in [4.69, 9.17) is 16.7 Å². The average Bonchev–Trinajstić information content (AvgIpc) is 2.19. The van der Waals surface area contributed by atoms with E-state index < -0.39 is 11.8 Å². The molecule has 0 aliphatic heterocycles. The van der Waals surface area contributed by atoms with Gasteiger partial charge in [0.1, 0.15) is 5.82 Å². The van der Waals surface area contributed by atoms with Gasteiger partial charge in [-0.1, -0.05) is 11.6 Å². The Morgan fingerprint density at radius 1 is 1.40 bits per heavy atom. The lowest BCUT2D eigenvalue weighted by Gasteiger charge is -2.00. The van der Waals surface area contributed by atoms with E-state index in [-0.39, 0.29) is 10.6 Å². The van der Waals surface area contributed by atoms with Gasteiger partial charge in [-0.3, -0.25) is 4.98 Å². The van der Waals surface area contributed by atoms with Gasteiger partial charge in [-0.05, 0) is 12.1 Å². The third kappa shape index (κ3) is 1.76. The number of carboxylic acids is 1. The maximum Gasteiger partial charge on any atom is 0.337 e. The van der Waals surface area contributed by atoms with E-state index in [2.05, 4.69) is 4.98 Å². The normalized spacial score (nSPS) is 10.5. The average molecular weight is 226 g/mol. The van der Waals surface area contributed by atoms with Crippen LogP contribution in [0, 0.1) is 5.82 Å². The Labute approximate surface area is 89.1 Å². The second-order valence-corrected chi connectivity index (χ2v) is 3.40. The number of rotatable bonds is 1. The Morgan fingerprint density at radius 3 is 2.80 bits per heavy atom. The molecular formula is C10H5ClFNO2. The van der Waals surface area contributed by atoms with Crippen LogP contribution in [-0.2, 0) is 0 Å². The number of nitrogens with zero attached hydrogens (tertiary/aromatic N) is 1. The minimum atomic E-state index is -1.08. The first kappa shape index (κ1) is 9.86. The van der Waals surface area contributed by atoms with Crippen molar-refractivity contribution in [2.75, 3.05) is 0 Å². The summed E-state index contributed by atoms with van der Waals surface area (Å²) >= 11 is 5.57. The highest BCUT2D eigenvalue weighted by Gasteiger charge is 2.07. The molecule has 0 amide bonds. The van der Waals surface area contributed by atoms with E-state index in [0.29, 0.717) is 10.9 Å². The zero-order valence-corrected chi connectivity index (χ0v) is 8.12. The molecule has 15 heavy (non-hydrogen) atoms. The van der Waals surface area contributed by atoms with Crippen LogP contribution in [0.5, 0.6) is 0 Å². The third-order valence-corrected chi connectivity index (χ3v) is 2.26. The zero-order valence-electron chi connectivity index (χ0n) is 7.37. The number of aromatic nitrogens is 1. The SMILES string of the molecule is O=C(O)c1cnc2cc(F)c(Cl)cc2c1. The second-order valence-electron chi connectivity index (χ2n) is 2.99. The van der Waals surface area contributed by atoms with E-state index in [9.17, 15) is 9.18 Å². The highest BCUT2D eigenvalue weighted by atomic mass is 35.5. The molecule has 1 aromatic carbocycles. The molecule has 76 valence electrons. The van der Waals surface area contributed by atoms with Crippen LogP contribution in [0.4, 0.5) is 4.39 Å². The molecule has 0 aliphatic rings. The van der Waals surface area contributed by atoms with Crippen LogP contribution >= 0.6 is 11.6 Å². The van der Waals surface area contributed by atoms with Crippen molar-refractivity contribution in [2.45, 2.75) is 0 Å². The van der Waals surface area contributed by atoms with E-state index >= 15 is 0 Å². The molecule has 0 saturated heterocycles. The first-order valence-corrected chi connectivity index (χ1v) is 4.44. The molecule has 0 radical (unpaired) electrons. The molecule has 0 aliphatic carbocycles. The number of benzene rings is 1. The molecule has 1 heterocycles. The Morgan fingerprint density at radius 2 is 2.13 bits per heavy atom. The molecular weight excluding hydrogens is 221 g/mol. The molecule has 1 aromatic heterocycles. The smallest absolute Gasteiger partial charge is 0.337 e. The monoisotopic (exact) mass is 225 g/mol. The Bertz CT molecular complexity index is 556. The molecule has 5 heteroatoms. The molecule has 0 unspecified atom stereocenters. The van der Waals surface area contributed by atoms with Gasteiger partial charge in [0.05, 0.1) is 16.1 Å². The van der Waals surface area contributed by atoms with Crippen molar-refractivity contribution in [2.24, 2.45) is 0 Å². The number of hydrogen-bond donors (Lipinski definition) is 1. The molecule has 3 nitrogen and oxygen atoms in total. The van der Waals surface area contributed by atoms with Gasteiger partial charge >= 0.3 is 5.97 Å². The van der Waals surface area contributed by atoms with Crippen LogP contribution in [0.25, 0.3) is 10.9 Å². The topological polar surface area (TPSA) is 50.2 Å². The minimum Gasteiger partial charge on any atom is -0.478 e. The van der Waals surface area contributed by atoms with Crippen molar-refractivity contribution < 1.29 is 14.3 Å². The molecule has 2 rings (SSSR count). The van der Waals surface area contributed by atoms with Crippen molar-refractivity contribution in [1.82, 2.24) is 4.98 Å². The van der Waals surface area contributed by atoms with Gasteiger partial charge in [0, 0.05) is 17.6 Å². The summed E-state index contributed by atoms with van der Waals surface area (Å²) in [4.78, 5) is 14.5. The lowest BCUT2D eigenvalue weighted by atomic mass is 10.1. The summed E-state index contributed by atoms with van der Waals surface area (Å²) in [6, 6.07) is 3.92. The number of pyridine rings is 1. The fourth-order valence-corrected chi connectivity index (χ4v) is 1.41. The summed E-state index contributed by atoms with van der Waals surface area (Å²) < 4.78 is 13.0. The van der Waals surface area contributed by atoms with Crippen LogP contribution in [0.15, 0.2) is 24.4 Å². The highest BCUT2D eigenvalue weighted by molar-refractivity contribution is 6.31. The number of fused-ring (bicyclic) bond motifs is 1. The van der Waals surface area contributed by atoms with Crippen molar-refractivity contribution in [3.8, 4) is 0 Å². The van der Waals surface area contributed by atoms with Gasteiger partial charge in [0.2, 0.25) is 0 Å². The van der Waals surface area contributed by atoms with Crippen molar-refractivity contribution >= 4 is 28.5 Å². The number of halogens is 2. The number of aromatic carboxylic acids is 1. The van der Waals surface area contributed by atoms with Crippen molar-refractivity contribution in [3.63, 3.8) is 0 Å². The third-order valence-electron chi connectivity index (χ3n) is 1.97. The number of carboxylic acid groups (broad SMARTS) is 1. The largest absolute Gasteiger partial charge is 0.478 e. The molecule has 0 spiro atoms.